The first-order valence-corrected chi connectivity index (χ1v) is 11.0. The highest BCUT2D eigenvalue weighted by molar-refractivity contribution is 8.01. The summed E-state index contributed by atoms with van der Waals surface area (Å²) in [6.07, 6.45) is 5.36. The van der Waals surface area contributed by atoms with Crippen LogP contribution in [-0.4, -0.2) is 33.5 Å². The van der Waals surface area contributed by atoms with Gasteiger partial charge in [-0.3, -0.25) is 4.40 Å². The topological polar surface area (TPSA) is 29.8 Å². The van der Waals surface area contributed by atoms with Crippen molar-refractivity contribution in [2.75, 3.05) is 23.7 Å². The molecule has 6 heteroatoms. The Morgan fingerprint density at radius 2 is 2.07 bits per heavy atom. The second kappa shape index (κ2) is 7.32. The number of aromatic nitrogens is 2. The van der Waals surface area contributed by atoms with Crippen molar-refractivity contribution >= 4 is 35.0 Å². The Bertz CT molecular complexity index is 956. The smallest absolute Gasteiger partial charge is 0.140 e. The van der Waals surface area contributed by atoms with E-state index in [1.54, 1.807) is 7.11 Å². The minimum atomic E-state index is 0.106. The third kappa shape index (κ3) is 3.92. The van der Waals surface area contributed by atoms with Gasteiger partial charge in [-0.1, -0.05) is 32.9 Å². The summed E-state index contributed by atoms with van der Waals surface area (Å²) < 4.78 is 10.3. The predicted octanol–water partition coefficient (Wildman–Crippen LogP) is 5.76. The second-order valence-corrected chi connectivity index (χ2v) is 10.6. The van der Waals surface area contributed by atoms with E-state index in [0.717, 1.165) is 28.5 Å². The summed E-state index contributed by atoms with van der Waals surface area (Å²) in [5.41, 5.74) is 4.46. The third-order valence-corrected chi connectivity index (χ3v) is 6.71. The molecule has 0 bridgehead atoms. The summed E-state index contributed by atoms with van der Waals surface area (Å²) >= 11 is 3.72. The van der Waals surface area contributed by atoms with Crippen molar-refractivity contribution in [2.45, 2.75) is 36.8 Å². The molecule has 1 aliphatic rings. The lowest BCUT2D eigenvalue weighted by atomic mass is 10.1. The van der Waals surface area contributed by atoms with Gasteiger partial charge in [-0.15, -0.1) is 11.8 Å². The van der Waals surface area contributed by atoms with Gasteiger partial charge in [0, 0.05) is 40.6 Å². The quantitative estimate of drug-likeness (QED) is 0.411. The molecule has 3 heterocycles. The van der Waals surface area contributed by atoms with Crippen molar-refractivity contribution < 1.29 is 4.74 Å². The van der Waals surface area contributed by atoms with Crippen LogP contribution >= 0.6 is 23.7 Å². The lowest BCUT2D eigenvalue weighted by Crippen LogP contribution is -2.08. The number of imidazole rings is 1. The average molecular weight is 400 g/mol. The van der Waals surface area contributed by atoms with Crippen molar-refractivity contribution in [1.82, 2.24) is 9.38 Å². The third-order valence-electron chi connectivity index (χ3n) is 4.39. The number of pyridine rings is 1. The van der Waals surface area contributed by atoms with Gasteiger partial charge in [0.15, 0.2) is 0 Å². The lowest BCUT2D eigenvalue weighted by molar-refractivity contribution is 0.404. The molecule has 0 radical (unpaired) electrons. The normalized spacial score (nSPS) is 14.9. The van der Waals surface area contributed by atoms with E-state index in [2.05, 4.69) is 64.9 Å². The number of fused-ring (bicyclic) bond motifs is 1. The lowest BCUT2D eigenvalue weighted by Gasteiger charge is -2.20. The molecule has 0 atom stereocenters. The van der Waals surface area contributed by atoms with E-state index < -0.39 is 0 Å². The maximum Gasteiger partial charge on any atom is 0.140 e. The number of anilines is 1. The van der Waals surface area contributed by atoms with Crippen molar-refractivity contribution in [3.63, 3.8) is 0 Å². The van der Waals surface area contributed by atoms with Gasteiger partial charge in [0.1, 0.15) is 11.4 Å². The maximum atomic E-state index is 5.62. The molecular formula is C21H25N3OS2. The molecule has 1 aromatic carbocycles. The number of rotatable bonds is 4. The van der Waals surface area contributed by atoms with Crippen LogP contribution in [0.25, 0.3) is 16.9 Å². The molecule has 2 aromatic heterocycles. The van der Waals surface area contributed by atoms with E-state index in [0.29, 0.717) is 0 Å². The Morgan fingerprint density at radius 3 is 2.78 bits per heavy atom. The number of hydrogen-bond acceptors (Lipinski definition) is 5. The van der Waals surface area contributed by atoms with E-state index in [1.807, 2.05) is 36.0 Å². The number of nitrogens with zero attached hydrogens (tertiary/aromatic N) is 3. The fourth-order valence-corrected chi connectivity index (χ4v) is 5.30. The molecule has 1 fully saturated rings. The van der Waals surface area contributed by atoms with E-state index in [9.17, 15) is 0 Å². The fourth-order valence-electron chi connectivity index (χ4n) is 3.24. The Morgan fingerprint density at radius 1 is 1.22 bits per heavy atom. The molecule has 1 aliphatic heterocycles. The molecule has 0 unspecified atom stereocenters. The largest absolute Gasteiger partial charge is 0.495 e. The molecule has 0 amide bonds. The number of methoxy groups -OCH3 is 1. The molecule has 27 heavy (non-hydrogen) atoms. The van der Waals surface area contributed by atoms with Gasteiger partial charge >= 0.3 is 0 Å². The van der Waals surface area contributed by atoms with Gasteiger partial charge in [-0.25, -0.2) is 4.98 Å². The minimum Gasteiger partial charge on any atom is -0.495 e. The summed E-state index contributed by atoms with van der Waals surface area (Å²) in [6.45, 7) is 7.76. The Balaban J connectivity index is 1.78. The highest BCUT2D eigenvalue weighted by Gasteiger charge is 2.19. The summed E-state index contributed by atoms with van der Waals surface area (Å²) in [7, 11) is 1.72. The highest BCUT2D eigenvalue weighted by Crippen LogP contribution is 2.39. The summed E-state index contributed by atoms with van der Waals surface area (Å²) in [5, 5.41) is 0. The SMILES string of the molecule is COc1cc2ncc(-c3cccc(N4CCCS4)c3)n2cc1SC(C)(C)C. The van der Waals surface area contributed by atoms with Gasteiger partial charge in [0.05, 0.1) is 23.9 Å². The van der Waals surface area contributed by atoms with Crippen LogP contribution in [0.4, 0.5) is 5.69 Å². The van der Waals surface area contributed by atoms with Gasteiger partial charge in [-0.05, 0) is 30.5 Å². The van der Waals surface area contributed by atoms with Crippen molar-refractivity contribution in [1.29, 1.82) is 0 Å². The first-order valence-electron chi connectivity index (χ1n) is 9.19. The number of benzene rings is 1. The van der Waals surface area contributed by atoms with E-state index in [4.69, 9.17) is 4.74 Å². The summed E-state index contributed by atoms with van der Waals surface area (Å²) in [4.78, 5) is 5.75. The second-order valence-electron chi connectivity index (χ2n) is 7.63. The van der Waals surface area contributed by atoms with Crippen LogP contribution in [0.5, 0.6) is 5.75 Å². The van der Waals surface area contributed by atoms with Crippen molar-refractivity contribution in [3.8, 4) is 17.0 Å². The molecule has 4 nitrogen and oxygen atoms in total. The first-order chi connectivity index (χ1) is 12.9. The zero-order chi connectivity index (χ0) is 19.0. The molecule has 0 saturated carbocycles. The number of hydrogen-bond donors (Lipinski definition) is 0. The highest BCUT2D eigenvalue weighted by atomic mass is 32.2. The zero-order valence-corrected chi connectivity index (χ0v) is 17.9. The van der Waals surface area contributed by atoms with Crippen LogP contribution in [0.2, 0.25) is 0 Å². The van der Waals surface area contributed by atoms with Gasteiger partial charge in [0.25, 0.3) is 0 Å². The van der Waals surface area contributed by atoms with Crippen molar-refractivity contribution in [2.24, 2.45) is 0 Å². The molecule has 3 aromatic rings. The first kappa shape index (κ1) is 18.6. The summed E-state index contributed by atoms with van der Waals surface area (Å²) in [6, 6.07) is 10.8. The molecule has 0 spiro atoms. The molecule has 1 saturated heterocycles. The number of ether oxygens (including phenoxy) is 1. The van der Waals surface area contributed by atoms with E-state index in [1.165, 1.54) is 23.4 Å². The number of thioether (sulfide) groups is 1. The van der Waals surface area contributed by atoms with Crippen LogP contribution in [-0.2, 0) is 0 Å². The Hall–Kier alpha value is -1.79. The average Bonchev–Trinajstić information content (AvgIpc) is 3.29. The Kier molecular flexibility index (Phi) is 5.03. The van der Waals surface area contributed by atoms with E-state index >= 15 is 0 Å². The molecule has 4 rings (SSSR count). The van der Waals surface area contributed by atoms with Gasteiger partial charge < -0.3 is 9.04 Å². The zero-order valence-electron chi connectivity index (χ0n) is 16.2. The summed E-state index contributed by atoms with van der Waals surface area (Å²) in [5.74, 6) is 2.08. The van der Waals surface area contributed by atoms with Crippen LogP contribution in [0.1, 0.15) is 27.2 Å². The van der Waals surface area contributed by atoms with Crippen LogP contribution in [0.3, 0.4) is 0 Å². The molecular weight excluding hydrogens is 374 g/mol. The fraction of sp³-hybridized carbons (Fsp3) is 0.381. The molecule has 0 aliphatic carbocycles. The predicted molar refractivity (Wildman–Crippen MR) is 117 cm³/mol. The molecule has 0 N–H and O–H groups in total. The van der Waals surface area contributed by atoms with Crippen molar-refractivity contribution in [3.05, 3.63) is 42.7 Å². The monoisotopic (exact) mass is 399 g/mol. The van der Waals surface area contributed by atoms with Crippen LogP contribution in [0.15, 0.2) is 47.6 Å². The van der Waals surface area contributed by atoms with Crippen LogP contribution < -0.4 is 9.04 Å². The van der Waals surface area contributed by atoms with E-state index in [-0.39, 0.29) is 4.75 Å². The minimum absolute atomic E-state index is 0.106. The Labute approximate surface area is 169 Å². The van der Waals surface area contributed by atoms with Crippen LogP contribution in [0, 0.1) is 0 Å². The maximum absolute atomic E-state index is 5.62. The van der Waals surface area contributed by atoms with Gasteiger partial charge in [-0.2, -0.15) is 0 Å². The molecule has 142 valence electrons. The standard InChI is InChI=1S/C21H25N3OS2/c1-21(2,3)27-19-14-23-17(13-22-20(23)12-18(19)25-4)15-7-5-8-16(11-15)24-9-6-10-26-24/h5,7-8,11-14H,6,9-10H2,1-4H3. The van der Waals surface area contributed by atoms with Gasteiger partial charge in [0.2, 0.25) is 0 Å².